The summed E-state index contributed by atoms with van der Waals surface area (Å²) in [5.41, 5.74) is 3.42. The van der Waals surface area contributed by atoms with Crippen LogP contribution in [0, 0.1) is 6.92 Å². The molecule has 0 unspecified atom stereocenters. The van der Waals surface area contributed by atoms with Gasteiger partial charge >= 0.3 is 0 Å². The van der Waals surface area contributed by atoms with Crippen molar-refractivity contribution in [1.29, 1.82) is 0 Å². The first-order valence-corrected chi connectivity index (χ1v) is 6.27. The van der Waals surface area contributed by atoms with Gasteiger partial charge in [-0.1, -0.05) is 35.5 Å². The molecule has 0 aliphatic carbocycles. The second-order valence-electron chi connectivity index (χ2n) is 3.84. The van der Waals surface area contributed by atoms with Gasteiger partial charge in [-0.25, -0.2) is 0 Å². The van der Waals surface area contributed by atoms with E-state index < -0.39 is 0 Å². The van der Waals surface area contributed by atoms with Crippen molar-refractivity contribution < 1.29 is 0 Å². The molecular weight excluding hydrogens is 238 g/mol. The zero-order valence-corrected chi connectivity index (χ0v) is 10.3. The van der Waals surface area contributed by atoms with Crippen molar-refractivity contribution in [3.05, 3.63) is 47.0 Å². The summed E-state index contributed by atoms with van der Waals surface area (Å²) in [5, 5.41) is 4.17. The van der Waals surface area contributed by atoms with Gasteiger partial charge in [0.2, 0.25) is 0 Å². The second-order valence-corrected chi connectivity index (χ2v) is 5.33. The van der Waals surface area contributed by atoms with Gasteiger partial charge in [-0.2, -0.15) is 0 Å². The molecule has 0 saturated carbocycles. The van der Waals surface area contributed by atoms with Crippen LogP contribution in [-0.4, -0.2) is 0 Å². The summed E-state index contributed by atoms with van der Waals surface area (Å²) in [6.07, 6.45) is 0. The molecule has 1 heterocycles. The number of hydrogen-bond donors (Lipinski definition) is 1. The zero-order valence-electron chi connectivity index (χ0n) is 8.75. The van der Waals surface area contributed by atoms with Crippen LogP contribution >= 0.6 is 23.4 Å². The van der Waals surface area contributed by atoms with E-state index in [2.05, 4.69) is 36.5 Å². The smallest absolute Gasteiger partial charge is 0.0715 e. The van der Waals surface area contributed by atoms with Crippen molar-refractivity contribution in [3.8, 4) is 0 Å². The standard InChI is InChI=1S/C13H10ClNS/c1-8-5-6-11-10(7-8)15-13-9(14)3-2-4-12(13)16-11/h2-7,15H,1H3. The molecule has 1 nitrogen and oxygen atoms in total. The maximum Gasteiger partial charge on any atom is 0.0715 e. The van der Waals surface area contributed by atoms with E-state index in [0.717, 1.165) is 16.4 Å². The van der Waals surface area contributed by atoms with Crippen LogP contribution in [0.2, 0.25) is 5.02 Å². The van der Waals surface area contributed by atoms with Gasteiger partial charge in [0.1, 0.15) is 0 Å². The monoisotopic (exact) mass is 247 g/mol. The third-order valence-corrected chi connectivity index (χ3v) is 4.04. The molecule has 3 rings (SSSR count). The summed E-state index contributed by atoms with van der Waals surface area (Å²) in [7, 11) is 0. The number of halogens is 1. The summed E-state index contributed by atoms with van der Waals surface area (Å²) < 4.78 is 0. The molecule has 0 amide bonds. The van der Waals surface area contributed by atoms with Crippen LogP contribution in [0.25, 0.3) is 0 Å². The molecule has 0 aromatic heterocycles. The lowest BCUT2D eigenvalue weighted by Crippen LogP contribution is -2.00. The van der Waals surface area contributed by atoms with Crippen molar-refractivity contribution in [3.63, 3.8) is 0 Å². The molecule has 1 N–H and O–H groups in total. The van der Waals surface area contributed by atoms with Crippen LogP contribution in [0.5, 0.6) is 0 Å². The average Bonchev–Trinajstić information content (AvgIpc) is 2.28. The molecule has 2 aromatic rings. The third kappa shape index (κ3) is 1.58. The number of hydrogen-bond acceptors (Lipinski definition) is 2. The highest BCUT2D eigenvalue weighted by molar-refractivity contribution is 7.99. The fourth-order valence-electron chi connectivity index (χ4n) is 1.79. The maximum absolute atomic E-state index is 6.17. The van der Waals surface area contributed by atoms with Gasteiger partial charge in [0.05, 0.1) is 16.4 Å². The molecule has 3 heteroatoms. The molecule has 0 saturated heterocycles. The fraction of sp³-hybridized carbons (Fsp3) is 0.0769. The van der Waals surface area contributed by atoms with E-state index in [1.54, 1.807) is 11.8 Å². The summed E-state index contributed by atoms with van der Waals surface area (Å²) in [5.74, 6) is 0. The predicted octanol–water partition coefficient (Wildman–Crippen LogP) is 4.86. The lowest BCUT2D eigenvalue weighted by atomic mass is 10.2. The zero-order chi connectivity index (χ0) is 11.1. The number of aryl methyl sites for hydroxylation is 1. The van der Waals surface area contributed by atoms with Crippen LogP contribution < -0.4 is 5.32 Å². The van der Waals surface area contributed by atoms with Gasteiger partial charge in [0.25, 0.3) is 0 Å². The lowest BCUT2D eigenvalue weighted by Gasteiger charge is -2.21. The van der Waals surface area contributed by atoms with Crippen LogP contribution in [0.1, 0.15) is 5.56 Å². The van der Waals surface area contributed by atoms with Crippen molar-refractivity contribution in [2.45, 2.75) is 16.7 Å². The number of para-hydroxylation sites is 1. The Labute approximate surface area is 104 Å². The first-order valence-electron chi connectivity index (χ1n) is 5.08. The average molecular weight is 248 g/mol. The summed E-state index contributed by atoms with van der Waals surface area (Å²) in [6.45, 7) is 2.09. The minimum absolute atomic E-state index is 0.775. The van der Waals surface area contributed by atoms with Gasteiger partial charge in [0, 0.05) is 9.79 Å². The first kappa shape index (κ1) is 10.1. The van der Waals surface area contributed by atoms with Crippen molar-refractivity contribution in [2.75, 3.05) is 5.32 Å². The van der Waals surface area contributed by atoms with Gasteiger partial charge in [-0.3, -0.25) is 0 Å². The summed E-state index contributed by atoms with van der Waals surface area (Å²) in [6, 6.07) is 12.4. The highest BCUT2D eigenvalue weighted by Gasteiger charge is 2.17. The van der Waals surface area contributed by atoms with E-state index in [4.69, 9.17) is 11.6 Å². The molecule has 16 heavy (non-hydrogen) atoms. The van der Waals surface area contributed by atoms with Crippen LogP contribution in [0.3, 0.4) is 0 Å². The quantitative estimate of drug-likeness (QED) is 0.609. The lowest BCUT2D eigenvalue weighted by molar-refractivity contribution is 1.29. The number of rotatable bonds is 0. The normalized spacial score (nSPS) is 12.6. The SMILES string of the molecule is Cc1ccc2c(c1)Nc1c(Cl)cccc1S2. The summed E-state index contributed by atoms with van der Waals surface area (Å²) >= 11 is 7.93. The second kappa shape index (κ2) is 3.72. The van der Waals surface area contributed by atoms with E-state index in [9.17, 15) is 0 Å². The van der Waals surface area contributed by atoms with Gasteiger partial charge in [0.15, 0.2) is 0 Å². The molecular formula is C13H10ClNS. The number of nitrogens with one attached hydrogen (secondary N) is 1. The molecule has 0 spiro atoms. The van der Waals surface area contributed by atoms with Gasteiger partial charge in [-0.15, -0.1) is 0 Å². The molecule has 1 aliphatic heterocycles. The van der Waals surface area contributed by atoms with Crippen molar-refractivity contribution in [2.24, 2.45) is 0 Å². The van der Waals surface area contributed by atoms with Crippen molar-refractivity contribution >= 4 is 34.7 Å². The van der Waals surface area contributed by atoms with Gasteiger partial charge in [-0.05, 0) is 36.8 Å². The molecule has 80 valence electrons. The molecule has 1 aliphatic rings. The Morgan fingerprint density at radius 1 is 1.12 bits per heavy atom. The van der Waals surface area contributed by atoms with E-state index in [0.29, 0.717) is 0 Å². The largest absolute Gasteiger partial charge is 0.352 e. The Bertz CT molecular complexity index is 566. The van der Waals surface area contributed by atoms with Crippen LogP contribution in [-0.2, 0) is 0 Å². The Morgan fingerprint density at radius 3 is 2.88 bits per heavy atom. The molecule has 0 fully saturated rings. The van der Waals surface area contributed by atoms with Crippen molar-refractivity contribution in [1.82, 2.24) is 0 Å². The molecule has 0 atom stereocenters. The number of fused-ring (bicyclic) bond motifs is 2. The highest BCUT2D eigenvalue weighted by atomic mass is 35.5. The first-order chi connectivity index (χ1) is 7.74. The van der Waals surface area contributed by atoms with E-state index in [1.165, 1.54) is 15.4 Å². The summed E-state index contributed by atoms with van der Waals surface area (Å²) in [4.78, 5) is 2.43. The van der Waals surface area contributed by atoms with E-state index >= 15 is 0 Å². The molecule has 0 bridgehead atoms. The fourth-order valence-corrected chi connectivity index (χ4v) is 3.07. The van der Waals surface area contributed by atoms with E-state index in [1.807, 2.05) is 12.1 Å². The Kier molecular flexibility index (Phi) is 2.34. The Hall–Kier alpha value is -1.12. The molecule has 0 radical (unpaired) electrons. The Balaban J connectivity index is 2.13. The third-order valence-electron chi connectivity index (χ3n) is 2.59. The maximum atomic E-state index is 6.17. The minimum atomic E-state index is 0.775. The van der Waals surface area contributed by atoms with Gasteiger partial charge < -0.3 is 5.32 Å². The highest BCUT2D eigenvalue weighted by Crippen LogP contribution is 2.46. The Morgan fingerprint density at radius 2 is 2.00 bits per heavy atom. The predicted molar refractivity (Wildman–Crippen MR) is 70.0 cm³/mol. The number of benzene rings is 2. The van der Waals surface area contributed by atoms with Crippen LogP contribution in [0.4, 0.5) is 11.4 Å². The van der Waals surface area contributed by atoms with Crippen LogP contribution in [0.15, 0.2) is 46.2 Å². The minimum Gasteiger partial charge on any atom is -0.352 e. The topological polar surface area (TPSA) is 12.0 Å². The number of anilines is 2. The van der Waals surface area contributed by atoms with E-state index in [-0.39, 0.29) is 0 Å². The molecule has 2 aromatic carbocycles.